The van der Waals surface area contributed by atoms with E-state index in [-0.39, 0.29) is 18.3 Å². The molecule has 1 amide bonds. The third-order valence-corrected chi connectivity index (χ3v) is 4.13. The van der Waals surface area contributed by atoms with Crippen molar-refractivity contribution in [1.82, 2.24) is 19.8 Å². The van der Waals surface area contributed by atoms with Crippen LogP contribution >= 0.6 is 0 Å². The van der Waals surface area contributed by atoms with Crippen molar-refractivity contribution in [2.75, 3.05) is 0 Å². The molecule has 2 heterocycles. The number of hydrogen-bond acceptors (Lipinski definition) is 8. The van der Waals surface area contributed by atoms with E-state index in [9.17, 15) is 14.9 Å². The number of hydrazone groups is 1. The van der Waals surface area contributed by atoms with Crippen molar-refractivity contribution in [2.24, 2.45) is 5.10 Å². The zero-order valence-corrected chi connectivity index (χ0v) is 15.8. The molecular weight excluding hydrogens is 392 g/mol. The molecule has 0 radical (unpaired) electrons. The van der Waals surface area contributed by atoms with Crippen molar-refractivity contribution in [2.45, 2.75) is 19.7 Å². The number of nitrogens with zero attached hydrogens (tertiary/aromatic N) is 6. The van der Waals surface area contributed by atoms with Crippen molar-refractivity contribution >= 4 is 17.8 Å². The summed E-state index contributed by atoms with van der Waals surface area (Å²) in [5.74, 6) is 0.605. The molecule has 1 aromatic heterocycles. The van der Waals surface area contributed by atoms with Gasteiger partial charge in [-0.25, -0.2) is 0 Å². The minimum atomic E-state index is -0.822. The minimum absolute atomic E-state index is 0.0215. The molecule has 0 saturated carbocycles. The van der Waals surface area contributed by atoms with Crippen LogP contribution in [0.5, 0.6) is 11.5 Å². The Bertz CT molecular complexity index is 1110. The number of para-hydroxylation sites is 1. The van der Waals surface area contributed by atoms with Crippen molar-refractivity contribution in [3.8, 4) is 11.5 Å². The molecule has 152 valence electrons. The van der Waals surface area contributed by atoms with E-state index in [2.05, 4.69) is 15.2 Å². The Morgan fingerprint density at radius 3 is 2.67 bits per heavy atom. The second kappa shape index (κ2) is 7.99. The van der Waals surface area contributed by atoms with Crippen LogP contribution in [-0.2, 0) is 16.1 Å². The first kappa shape index (κ1) is 19.1. The SMILES string of the molecule is CC(=O)N1N=C(c2cccc(Oc3ccccc3)c2)O[C@H]1Cn1cnc([N+](=O)[O-])n1. The predicted molar refractivity (Wildman–Crippen MR) is 104 cm³/mol. The summed E-state index contributed by atoms with van der Waals surface area (Å²) < 4.78 is 12.9. The van der Waals surface area contributed by atoms with E-state index >= 15 is 0 Å². The van der Waals surface area contributed by atoms with Gasteiger partial charge in [-0.2, -0.15) is 9.69 Å². The molecule has 1 aliphatic heterocycles. The molecule has 30 heavy (non-hydrogen) atoms. The molecular formula is C19H16N6O5. The Morgan fingerprint density at radius 1 is 1.20 bits per heavy atom. The first-order valence-corrected chi connectivity index (χ1v) is 8.92. The number of benzene rings is 2. The highest BCUT2D eigenvalue weighted by molar-refractivity contribution is 5.96. The van der Waals surface area contributed by atoms with Gasteiger partial charge in [0.1, 0.15) is 18.0 Å². The summed E-state index contributed by atoms with van der Waals surface area (Å²) in [4.78, 5) is 25.7. The average molecular weight is 408 g/mol. The largest absolute Gasteiger partial charge is 0.490 e. The van der Waals surface area contributed by atoms with Crippen LogP contribution in [0.2, 0.25) is 0 Å². The van der Waals surface area contributed by atoms with Crippen LogP contribution in [0, 0.1) is 10.1 Å². The van der Waals surface area contributed by atoms with Crippen LogP contribution in [0.15, 0.2) is 66.0 Å². The van der Waals surface area contributed by atoms with Crippen molar-refractivity contribution in [1.29, 1.82) is 0 Å². The fourth-order valence-corrected chi connectivity index (χ4v) is 2.81. The van der Waals surface area contributed by atoms with Crippen LogP contribution in [-0.4, -0.2) is 42.7 Å². The van der Waals surface area contributed by atoms with E-state index in [1.54, 1.807) is 24.3 Å². The maximum absolute atomic E-state index is 12.0. The maximum atomic E-state index is 12.0. The lowest BCUT2D eigenvalue weighted by Gasteiger charge is -2.17. The Morgan fingerprint density at radius 2 is 1.97 bits per heavy atom. The van der Waals surface area contributed by atoms with E-state index in [0.717, 1.165) is 5.01 Å². The molecule has 0 bridgehead atoms. The number of carbonyl (C=O) groups is 1. The van der Waals surface area contributed by atoms with Gasteiger partial charge in [0.05, 0.1) is 0 Å². The lowest BCUT2D eigenvalue weighted by molar-refractivity contribution is -0.394. The fraction of sp³-hybridized carbons (Fsp3) is 0.158. The van der Waals surface area contributed by atoms with Crippen LogP contribution in [0.3, 0.4) is 0 Å². The third kappa shape index (κ3) is 4.09. The van der Waals surface area contributed by atoms with Gasteiger partial charge >= 0.3 is 5.95 Å². The zero-order chi connectivity index (χ0) is 21.1. The Hall–Kier alpha value is -4.28. The Balaban J connectivity index is 1.53. The molecule has 1 atom stereocenters. The second-order valence-electron chi connectivity index (χ2n) is 6.31. The lowest BCUT2D eigenvalue weighted by atomic mass is 10.2. The van der Waals surface area contributed by atoms with Crippen molar-refractivity contribution in [3.05, 3.63) is 76.6 Å². The Kier molecular flexibility index (Phi) is 5.08. The molecule has 0 fully saturated rings. The average Bonchev–Trinajstić information content (AvgIpc) is 3.37. The molecule has 11 heteroatoms. The number of amides is 1. The molecule has 0 unspecified atom stereocenters. The summed E-state index contributed by atoms with van der Waals surface area (Å²) in [6.07, 6.45) is 0.379. The highest BCUT2D eigenvalue weighted by Crippen LogP contribution is 2.25. The van der Waals surface area contributed by atoms with E-state index in [0.29, 0.717) is 17.1 Å². The fourth-order valence-electron chi connectivity index (χ4n) is 2.81. The first-order chi connectivity index (χ1) is 14.5. The number of carbonyl (C=O) groups excluding carboxylic acids is 1. The summed E-state index contributed by atoms with van der Waals surface area (Å²) in [6.45, 7) is 1.37. The van der Waals surface area contributed by atoms with Crippen molar-refractivity contribution in [3.63, 3.8) is 0 Å². The summed E-state index contributed by atoms with van der Waals surface area (Å²) in [5, 5.41) is 19.9. The van der Waals surface area contributed by atoms with E-state index in [1.165, 1.54) is 17.9 Å². The molecule has 1 aliphatic rings. The normalized spacial score (nSPS) is 15.4. The number of rotatable bonds is 6. The van der Waals surface area contributed by atoms with E-state index < -0.39 is 17.1 Å². The van der Waals surface area contributed by atoms with E-state index in [4.69, 9.17) is 9.47 Å². The van der Waals surface area contributed by atoms with Gasteiger partial charge in [-0.05, 0) is 35.3 Å². The molecule has 2 aromatic carbocycles. The standard InChI is InChI=1S/C19H16N6O5/c1-13(26)24-17(11-23-12-20-19(22-23)25(27)28)30-18(21-24)14-6-5-9-16(10-14)29-15-7-3-2-4-8-15/h2-10,12,17H,11H2,1H3/t17-/m0/s1. The number of ether oxygens (including phenoxy) is 2. The van der Waals surface area contributed by atoms with Crippen LogP contribution in [0.1, 0.15) is 12.5 Å². The van der Waals surface area contributed by atoms with Gasteiger partial charge in [-0.1, -0.05) is 29.2 Å². The monoisotopic (exact) mass is 408 g/mol. The number of aromatic nitrogens is 3. The van der Waals surface area contributed by atoms with Gasteiger partial charge in [-0.15, -0.1) is 5.10 Å². The van der Waals surface area contributed by atoms with Gasteiger partial charge in [0.2, 0.25) is 24.4 Å². The van der Waals surface area contributed by atoms with Crippen LogP contribution in [0.4, 0.5) is 5.95 Å². The Labute approximate surface area is 170 Å². The van der Waals surface area contributed by atoms with E-state index in [1.807, 2.05) is 30.3 Å². The zero-order valence-electron chi connectivity index (χ0n) is 15.8. The summed E-state index contributed by atoms with van der Waals surface area (Å²) in [5.41, 5.74) is 0.613. The lowest BCUT2D eigenvalue weighted by Crippen LogP contribution is -2.35. The molecule has 4 rings (SSSR count). The molecule has 3 aromatic rings. The maximum Gasteiger partial charge on any atom is 0.490 e. The van der Waals surface area contributed by atoms with Crippen molar-refractivity contribution < 1.29 is 19.2 Å². The summed E-state index contributed by atoms with van der Waals surface area (Å²) in [6, 6.07) is 16.4. The van der Waals surface area contributed by atoms with Gasteiger partial charge in [0, 0.05) is 17.6 Å². The third-order valence-electron chi connectivity index (χ3n) is 4.13. The first-order valence-electron chi connectivity index (χ1n) is 8.92. The van der Waals surface area contributed by atoms with Crippen LogP contribution < -0.4 is 4.74 Å². The molecule has 0 aliphatic carbocycles. The van der Waals surface area contributed by atoms with Gasteiger partial charge in [0.25, 0.3) is 0 Å². The highest BCUT2D eigenvalue weighted by Gasteiger charge is 2.33. The summed E-state index contributed by atoms with van der Waals surface area (Å²) in [7, 11) is 0. The van der Waals surface area contributed by atoms with Crippen LogP contribution in [0.25, 0.3) is 0 Å². The molecule has 0 spiro atoms. The van der Waals surface area contributed by atoms with Gasteiger partial charge in [-0.3, -0.25) is 4.79 Å². The molecule has 0 saturated heterocycles. The predicted octanol–water partition coefficient (Wildman–Crippen LogP) is 2.55. The molecule has 0 N–H and O–H groups in total. The summed E-state index contributed by atoms with van der Waals surface area (Å²) >= 11 is 0. The highest BCUT2D eigenvalue weighted by atomic mass is 16.6. The quantitative estimate of drug-likeness (QED) is 0.453. The number of hydrogen-bond donors (Lipinski definition) is 0. The minimum Gasteiger partial charge on any atom is -0.457 e. The topological polar surface area (TPSA) is 125 Å². The smallest absolute Gasteiger partial charge is 0.457 e. The van der Waals surface area contributed by atoms with Gasteiger partial charge < -0.3 is 19.6 Å². The second-order valence-corrected chi connectivity index (χ2v) is 6.31. The van der Waals surface area contributed by atoms with Gasteiger partial charge in [0.15, 0.2) is 0 Å². The number of nitro groups is 1. The molecule has 11 nitrogen and oxygen atoms in total.